The van der Waals surface area contributed by atoms with E-state index in [0.717, 1.165) is 5.69 Å². The molecule has 9 heteroatoms. The molecule has 0 spiro atoms. The number of nitrogens with one attached hydrogen (secondary N) is 1. The fourth-order valence-electron chi connectivity index (χ4n) is 2.68. The second kappa shape index (κ2) is 7.90. The number of halogens is 1. The van der Waals surface area contributed by atoms with Gasteiger partial charge < -0.3 is 20.5 Å². The van der Waals surface area contributed by atoms with Crippen LogP contribution in [-0.4, -0.2) is 41.3 Å². The number of nitrogens with two attached hydrogens (primary N) is 1. The summed E-state index contributed by atoms with van der Waals surface area (Å²) < 4.78 is 20.5. The molecule has 2 aromatic rings. The number of rotatable bonds is 5. The van der Waals surface area contributed by atoms with Crippen molar-refractivity contribution < 1.29 is 19.0 Å². The Morgan fingerprint density at radius 1 is 1.44 bits per heavy atom. The van der Waals surface area contributed by atoms with E-state index in [1.54, 1.807) is 24.4 Å². The molecule has 1 aromatic heterocycles. The number of hydrogen-bond acceptors (Lipinski definition) is 5. The predicted octanol–water partition coefficient (Wildman–Crippen LogP) is 1.88. The molecule has 27 heavy (non-hydrogen) atoms. The van der Waals surface area contributed by atoms with Crippen LogP contribution in [0.3, 0.4) is 0 Å². The number of carbonyl (C=O) groups is 1. The van der Waals surface area contributed by atoms with Crippen molar-refractivity contribution in [3.05, 3.63) is 53.6 Å². The molecule has 0 radical (unpaired) electrons. The molecular weight excluding hydrogens is 353 g/mol. The minimum atomic E-state index is -1.32. The lowest BCUT2D eigenvalue weighted by atomic mass is 10.1. The average Bonchev–Trinajstić information content (AvgIpc) is 2.58. The van der Waals surface area contributed by atoms with Crippen LogP contribution in [0.15, 0.2) is 41.5 Å². The number of aromatic nitrogens is 1. The summed E-state index contributed by atoms with van der Waals surface area (Å²) in [6.07, 6.45) is 0.319. The SMILES string of the molecule is Cc1ccc(OC2CN(c3cccc(CN=C(N)NC(=O)O)c3F)C2)cn1. The van der Waals surface area contributed by atoms with Gasteiger partial charge in [0, 0.05) is 11.3 Å². The second-order valence-electron chi connectivity index (χ2n) is 6.16. The smallest absolute Gasteiger partial charge is 0.411 e. The van der Waals surface area contributed by atoms with E-state index in [4.69, 9.17) is 15.6 Å². The number of carboxylic acid groups (broad SMARTS) is 1. The van der Waals surface area contributed by atoms with Crippen LogP contribution in [0.4, 0.5) is 14.9 Å². The number of nitrogens with zero attached hydrogens (tertiary/aromatic N) is 3. The third-order valence-corrected chi connectivity index (χ3v) is 4.09. The summed E-state index contributed by atoms with van der Waals surface area (Å²) in [6.45, 7) is 2.95. The molecule has 142 valence electrons. The van der Waals surface area contributed by atoms with Gasteiger partial charge in [0.1, 0.15) is 11.9 Å². The standard InChI is InChI=1S/C18H20FN5O3/c1-11-5-6-13(8-21-11)27-14-9-24(10-14)15-4-2-3-12(16(15)19)7-22-17(20)23-18(25)26/h2-6,8,14H,7,9-10H2,1H3,(H,25,26)(H3,20,22,23). The van der Waals surface area contributed by atoms with Gasteiger partial charge in [0.25, 0.3) is 0 Å². The number of ether oxygens (including phenoxy) is 1. The largest absolute Gasteiger partial charge is 0.485 e. The Morgan fingerprint density at radius 3 is 2.89 bits per heavy atom. The van der Waals surface area contributed by atoms with E-state index in [1.165, 1.54) is 0 Å². The van der Waals surface area contributed by atoms with Crippen LogP contribution in [0.5, 0.6) is 5.75 Å². The van der Waals surface area contributed by atoms with Crippen molar-refractivity contribution in [3.8, 4) is 5.75 Å². The molecule has 1 aliphatic rings. The maximum atomic E-state index is 14.7. The van der Waals surface area contributed by atoms with Gasteiger partial charge >= 0.3 is 6.09 Å². The zero-order chi connectivity index (χ0) is 19.4. The highest BCUT2D eigenvalue weighted by Gasteiger charge is 2.30. The van der Waals surface area contributed by atoms with Crippen molar-refractivity contribution in [1.82, 2.24) is 10.3 Å². The predicted molar refractivity (Wildman–Crippen MR) is 98.5 cm³/mol. The Morgan fingerprint density at radius 2 is 2.22 bits per heavy atom. The van der Waals surface area contributed by atoms with E-state index in [0.29, 0.717) is 30.1 Å². The quantitative estimate of drug-likeness (QED) is 0.545. The molecule has 2 heterocycles. The normalized spacial score (nSPS) is 14.6. The first-order chi connectivity index (χ1) is 12.9. The lowest BCUT2D eigenvalue weighted by Gasteiger charge is -2.40. The van der Waals surface area contributed by atoms with Gasteiger partial charge in [-0.25, -0.2) is 14.2 Å². The minimum absolute atomic E-state index is 0.0361. The van der Waals surface area contributed by atoms with E-state index >= 15 is 0 Å². The van der Waals surface area contributed by atoms with Crippen molar-refractivity contribution in [2.75, 3.05) is 18.0 Å². The van der Waals surface area contributed by atoms with Gasteiger partial charge in [-0.1, -0.05) is 12.1 Å². The summed E-state index contributed by atoms with van der Waals surface area (Å²) in [5, 5.41) is 10.5. The molecular formula is C18H20FN5O3. The molecule has 0 unspecified atom stereocenters. The molecule has 4 N–H and O–H groups in total. The van der Waals surface area contributed by atoms with E-state index in [-0.39, 0.29) is 18.6 Å². The second-order valence-corrected chi connectivity index (χ2v) is 6.16. The van der Waals surface area contributed by atoms with E-state index in [1.807, 2.05) is 29.3 Å². The number of pyridine rings is 1. The first kappa shape index (κ1) is 18.4. The van der Waals surface area contributed by atoms with Crippen molar-refractivity contribution in [1.29, 1.82) is 0 Å². The number of amides is 1. The van der Waals surface area contributed by atoms with Crippen LogP contribution >= 0.6 is 0 Å². The van der Waals surface area contributed by atoms with Gasteiger partial charge in [0.15, 0.2) is 11.8 Å². The van der Waals surface area contributed by atoms with Gasteiger partial charge in [0.05, 0.1) is 31.5 Å². The summed E-state index contributed by atoms with van der Waals surface area (Å²) in [7, 11) is 0. The number of aliphatic imine (C=N–C) groups is 1. The Balaban J connectivity index is 1.60. The number of hydrogen-bond donors (Lipinski definition) is 3. The van der Waals surface area contributed by atoms with Crippen LogP contribution in [-0.2, 0) is 6.54 Å². The van der Waals surface area contributed by atoms with Gasteiger partial charge in [-0.2, -0.15) is 0 Å². The molecule has 1 saturated heterocycles. The molecule has 0 aliphatic carbocycles. The minimum Gasteiger partial charge on any atom is -0.485 e. The topological polar surface area (TPSA) is 113 Å². The van der Waals surface area contributed by atoms with Crippen LogP contribution in [0.2, 0.25) is 0 Å². The summed E-state index contributed by atoms with van der Waals surface area (Å²) in [5.41, 5.74) is 7.11. The maximum Gasteiger partial charge on any atom is 0.411 e. The molecule has 1 aromatic carbocycles. The highest BCUT2D eigenvalue weighted by molar-refractivity contribution is 5.91. The molecule has 1 fully saturated rings. The van der Waals surface area contributed by atoms with E-state index in [9.17, 15) is 9.18 Å². The Kier molecular flexibility index (Phi) is 5.39. The van der Waals surface area contributed by atoms with Crippen LogP contribution in [0, 0.1) is 12.7 Å². The lowest BCUT2D eigenvalue weighted by molar-refractivity contribution is 0.166. The van der Waals surface area contributed by atoms with Crippen molar-refractivity contribution >= 4 is 17.7 Å². The molecule has 8 nitrogen and oxygen atoms in total. The first-order valence-electron chi connectivity index (χ1n) is 8.34. The van der Waals surface area contributed by atoms with Gasteiger partial charge in [0.2, 0.25) is 0 Å². The summed E-state index contributed by atoms with van der Waals surface area (Å²) in [4.78, 5) is 20.4. The number of guanidine groups is 1. The fraction of sp³-hybridized carbons (Fsp3) is 0.278. The highest BCUT2D eigenvalue weighted by atomic mass is 19.1. The number of aryl methyl sites for hydroxylation is 1. The first-order valence-corrected chi connectivity index (χ1v) is 8.34. The number of anilines is 1. The summed E-state index contributed by atoms with van der Waals surface area (Å²) >= 11 is 0. The third-order valence-electron chi connectivity index (χ3n) is 4.09. The van der Waals surface area contributed by atoms with E-state index in [2.05, 4.69) is 9.98 Å². The Bertz CT molecular complexity index is 851. The molecule has 3 rings (SSSR count). The van der Waals surface area contributed by atoms with Gasteiger partial charge in [-0.15, -0.1) is 0 Å². The molecule has 0 saturated carbocycles. The maximum absolute atomic E-state index is 14.7. The van der Waals surface area contributed by atoms with Gasteiger partial charge in [-0.3, -0.25) is 10.3 Å². The van der Waals surface area contributed by atoms with Gasteiger partial charge in [-0.05, 0) is 25.1 Å². The summed E-state index contributed by atoms with van der Waals surface area (Å²) in [5.74, 6) is 0.00599. The lowest BCUT2D eigenvalue weighted by Crippen LogP contribution is -2.54. The van der Waals surface area contributed by atoms with Crippen molar-refractivity contribution in [2.45, 2.75) is 19.6 Å². The molecule has 0 atom stereocenters. The Hall–Kier alpha value is -3.36. The monoisotopic (exact) mass is 373 g/mol. The third kappa shape index (κ3) is 4.63. The molecule has 1 aliphatic heterocycles. The zero-order valence-corrected chi connectivity index (χ0v) is 14.7. The Labute approximate surface area is 155 Å². The van der Waals surface area contributed by atoms with Crippen LogP contribution in [0.25, 0.3) is 0 Å². The zero-order valence-electron chi connectivity index (χ0n) is 14.7. The molecule has 0 bridgehead atoms. The summed E-state index contributed by atoms with van der Waals surface area (Å²) in [6, 6.07) is 8.73. The average molecular weight is 373 g/mol. The van der Waals surface area contributed by atoms with Crippen LogP contribution in [0.1, 0.15) is 11.3 Å². The highest BCUT2D eigenvalue weighted by Crippen LogP contribution is 2.28. The van der Waals surface area contributed by atoms with Crippen LogP contribution < -0.4 is 20.7 Å². The molecule has 1 amide bonds. The van der Waals surface area contributed by atoms with Crippen molar-refractivity contribution in [3.63, 3.8) is 0 Å². The fourth-order valence-corrected chi connectivity index (χ4v) is 2.68. The number of benzene rings is 1. The van der Waals surface area contributed by atoms with E-state index < -0.39 is 11.9 Å². The van der Waals surface area contributed by atoms with Crippen molar-refractivity contribution in [2.24, 2.45) is 10.7 Å².